The number of carbonyl (C=O) groups is 1. The van der Waals surface area contributed by atoms with Crippen LogP contribution in [0.3, 0.4) is 0 Å². The van der Waals surface area contributed by atoms with Crippen molar-refractivity contribution in [2.75, 3.05) is 12.8 Å². The Labute approximate surface area is 118 Å². The fourth-order valence-electron chi connectivity index (χ4n) is 1.68. The molecule has 0 saturated heterocycles. The maximum Gasteiger partial charge on any atom is 0.198 e. The molecule has 0 aliphatic rings. The summed E-state index contributed by atoms with van der Waals surface area (Å²) in [5.74, 6) is -0.571. The van der Waals surface area contributed by atoms with Crippen molar-refractivity contribution in [1.82, 2.24) is 0 Å². The van der Waals surface area contributed by atoms with Gasteiger partial charge in [-0.1, -0.05) is 15.9 Å². The summed E-state index contributed by atoms with van der Waals surface area (Å²) >= 11 is 3.21. The van der Waals surface area contributed by atoms with Crippen molar-refractivity contribution >= 4 is 27.4 Å². The van der Waals surface area contributed by atoms with Crippen LogP contribution in [0.15, 0.2) is 40.9 Å². The third-order valence-corrected chi connectivity index (χ3v) is 3.17. The lowest BCUT2D eigenvalue weighted by Gasteiger charge is -2.08. The first-order valence-electron chi connectivity index (χ1n) is 5.46. The van der Waals surface area contributed by atoms with Gasteiger partial charge in [0.15, 0.2) is 5.78 Å². The average Bonchev–Trinajstić information content (AvgIpc) is 2.41. The van der Waals surface area contributed by atoms with Gasteiger partial charge in [-0.3, -0.25) is 4.79 Å². The molecule has 3 nitrogen and oxygen atoms in total. The van der Waals surface area contributed by atoms with E-state index in [2.05, 4.69) is 15.9 Å². The zero-order valence-electron chi connectivity index (χ0n) is 10.1. The minimum Gasteiger partial charge on any atom is -0.497 e. The second kappa shape index (κ2) is 5.40. The van der Waals surface area contributed by atoms with E-state index in [4.69, 9.17) is 10.5 Å². The van der Waals surface area contributed by atoms with E-state index in [1.165, 1.54) is 31.4 Å². The molecule has 5 heteroatoms. The van der Waals surface area contributed by atoms with Crippen LogP contribution in [0.1, 0.15) is 15.9 Å². The fraction of sp³-hybridized carbons (Fsp3) is 0.0714. The molecule has 0 bridgehead atoms. The standard InChI is InChI=1S/C14H11BrFNO2/c1-19-9-3-5-13(17)11(7-9)14(18)10-6-8(15)2-4-12(10)16/h2-7H,17H2,1H3. The van der Waals surface area contributed by atoms with Gasteiger partial charge in [-0.05, 0) is 36.4 Å². The molecule has 0 unspecified atom stereocenters. The molecule has 2 aromatic rings. The molecule has 0 fully saturated rings. The van der Waals surface area contributed by atoms with Gasteiger partial charge in [0.25, 0.3) is 0 Å². The van der Waals surface area contributed by atoms with Crippen LogP contribution in [0, 0.1) is 5.82 Å². The number of rotatable bonds is 3. The van der Waals surface area contributed by atoms with E-state index in [-0.39, 0.29) is 16.8 Å². The molecule has 0 atom stereocenters. The number of nitrogen functional groups attached to an aromatic ring is 1. The van der Waals surface area contributed by atoms with Gasteiger partial charge in [-0.15, -0.1) is 0 Å². The molecule has 0 saturated carbocycles. The number of benzene rings is 2. The van der Waals surface area contributed by atoms with Crippen LogP contribution < -0.4 is 10.5 Å². The number of anilines is 1. The highest BCUT2D eigenvalue weighted by Gasteiger charge is 2.17. The molecule has 0 spiro atoms. The van der Waals surface area contributed by atoms with Crippen LogP contribution in [0.25, 0.3) is 0 Å². The number of nitrogens with two attached hydrogens (primary N) is 1. The lowest BCUT2D eigenvalue weighted by molar-refractivity contribution is 0.103. The molecule has 0 aliphatic heterocycles. The molecule has 0 heterocycles. The first-order valence-corrected chi connectivity index (χ1v) is 6.25. The third-order valence-electron chi connectivity index (χ3n) is 2.68. The number of carbonyl (C=O) groups excluding carboxylic acids is 1. The van der Waals surface area contributed by atoms with Crippen molar-refractivity contribution < 1.29 is 13.9 Å². The molecular weight excluding hydrogens is 313 g/mol. The van der Waals surface area contributed by atoms with E-state index >= 15 is 0 Å². The van der Waals surface area contributed by atoms with Crippen molar-refractivity contribution in [3.05, 3.63) is 57.8 Å². The Hall–Kier alpha value is -1.88. The van der Waals surface area contributed by atoms with Crippen molar-refractivity contribution in [3.8, 4) is 5.75 Å². The van der Waals surface area contributed by atoms with E-state index in [1.807, 2.05) is 0 Å². The van der Waals surface area contributed by atoms with Crippen LogP contribution in [0.2, 0.25) is 0 Å². The number of ether oxygens (including phenoxy) is 1. The Kier molecular flexibility index (Phi) is 3.85. The smallest absolute Gasteiger partial charge is 0.198 e. The molecule has 2 rings (SSSR count). The first kappa shape index (κ1) is 13.5. The predicted molar refractivity (Wildman–Crippen MR) is 74.9 cm³/mol. The second-order valence-electron chi connectivity index (χ2n) is 3.91. The van der Waals surface area contributed by atoms with Gasteiger partial charge in [0.05, 0.1) is 12.7 Å². The molecule has 98 valence electrons. The summed E-state index contributed by atoms with van der Waals surface area (Å²) in [6.45, 7) is 0. The van der Waals surface area contributed by atoms with Gasteiger partial charge in [0.1, 0.15) is 11.6 Å². The predicted octanol–water partition coefficient (Wildman–Crippen LogP) is 3.41. The SMILES string of the molecule is COc1ccc(N)c(C(=O)c2cc(Br)ccc2F)c1. The minimum atomic E-state index is -0.588. The summed E-state index contributed by atoms with van der Waals surface area (Å²) in [6.07, 6.45) is 0. The Balaban J connectivity index is 2.52. The van der Waals surface area contributed by atoms with Crippen molar-refractivity contribution in [1.29, 1.82) is 0 Å². The Bertz CT molecular complexity index is 643. The number of methoxy groups -OCH3 is 1. The van der Waals surface area contributed by atoms with E-state index in [9.17, 15) is 9.18 Å². The van der Waals surface area contributed by atoms with Crippen molar-refractivity contribution in [3.63, 3.8) is 0 Å². The lowest BCUT2D eigenvalue weighted by atomic mass is 10.0. The number of halogens is 2. The Morgan fingerprint density at radius 1 is 1.21 bits per heavy atom. The van der Waals surface area contributed by atoms with Crippen LogP contribution in [-0.2, 0) is 0 Å². The normalized spacial score (nSPS) is 10.3. The molecule has 0 aliphatic carbocycles. The maximum absolute atomic E-state index is 13.7. The van der Waals surface area contributed by atoms with Crippen molar-refractivity contribution in [2.45, 2.75) is 0 Å². The van der Waals surface area contributed by atoms with Crippen LogP contribution in [-0.4, -0.2) is 12.9 Å². The van der Waals surface area contributed by atoms with Crippen LogP contribution in [0.4, 0.5) is 10.1 Å². The second-order valence-corrected chi connectivity index (χ2v) is 4.82. The lowest BCUT2D eigenvalue weighted by Crippen LogP contribution is -2.08. The van der Waals surface area contributed by atoms with Crippen LogP contribution in [0.5, 0.6) is 5.75 Å². The number of ketones is 1. The molecule has 0 amide bonds. The van der Waals surface area contributed by atoms with Gasteiger partial charge in [0, 0.05) is 15.7 Å². The summed E-state index contributed by atoms with van der Waals surface area (Å²) in [6, 6.07) is 8.88. The topological polar surface area (TPSA) is 52.3 Å². The summed E-state index contributed by atoms with van der Waals surface area (Å²) < 4.78 is 19.4. The van der Waals surface area contributed by atoms with Crippen LogP contribution >= 0.6 is 15.9 Å². The zero-order valence-corrected chi connectivity index (χ0v) is 11.7. The summed E-state index contributed by atoms with van der Waals surface area (Å²) in [4.78, 5) is 12.3. The Morgan fingerprint density at radius 3 is 2.63 bits per heavy atom. The minimum absolute atomic E-state index is 0.0330. The quantitative estimate of drug-likeness (QED) is 0.695. The highest BCUT2D eigenvalue weighted by Crippen LogP contribution is 2.25. The van der Waals surface area contributed by atoms with Gasteiger partial charge in [0.2, 0.25) is 0 Å². The zero-order chi connectivity index (χ0) is 14.0. The highest BCUT2D eigenvalue weighted by molar-refractivity contribution is 9.10. The Morgan fingerprint density at radius 2 is 1.95 bits per heavy atom. The van der Waals surface area contributed by atoms with Gasteiger partial charge < -0.3 is 10.5 Å². The molecule has 2 aromatic carbocycles. The third kappa shape index (κ3) is 2.76. The fourth-order valence-corrected chi connectivity index (χ4v) is 2.04. The van der Waals surface area contributed by atoms with Gasteiger partial charge in [-0.2, -0.15) is 0 Å². The molecule has 0 aromatic heterocycles. The average molecular weight is 324 g/mol. The monoisotopic (exact) mass is 323 g/mol. The van der Waals surface area contributed by atoms with E-state index in [0.717, 1.165) is 0 Å². The first-order chi connectivity index (χ1) is 9.02. The maximum atomic E-state index is 13.7. The molecule has 2 N–H and O–H groups in total. The van der Waals surface area contributed by atoms with Gasteiger partial charge >= 0.3 is 0 Å². The van der Waals surface area contributed by atoms with E-state index < -0.39 is 11.6 Å². The summed E-state index contributed by atoms with van der Waals surface area (Å²) in [7, 11) is 1.49. The van der Waals surface area contributed by atoms with Crippen molar-refractivity contribution in [2.24, 2.45) is 0 Å². The summed E-state index contributed by atoms with van der Waals surface area (Å²) in [5.41, 5.74) is 6.23. The highest BCUT2D eigenvalue weighted by atomic mass is 79.9. The number of hydrogen-bond acceptors (Lipinski definition) is 3. The largest absolute Gasteiger partial charge is 0.497 e. The summed E-state index contributed by atoms with van der Waals surface area (Å²) in [5, 5.41) is 0. The van der Waals surface area contributed by atoms with Gasteiger partial charge in [-0.25, -0.2) is 4.39 Å². The molecule has 19 heavy (non-hydrogen) atoms. The van der Waals surface area contributed by atoms with E-state index in [1.54, 1.807) is 12.1 Å². The van der Waals surface area contributed by atoms with E-state index in [0.29, 0.717) is 10.2 Å². The molecular formula is C14H11BrFNO2. The molecule has 0 radical (unpaired) electrons. The number of hydrogen-bond donors (Lipinski definition) is 1.